The summed E-state index contributed by atoms with van der Waals surface area (Å²) in [7, 11) is 1.63. The SMILES string of the molecule is COc1ccc(C2(CC(=O)O)CCO2)c(C)c1C. The molecule has 0 aliphatic carbocycles. The topological polar surface area (TPSA) is 55.8 Å². The number of hydrogen-bond donors (Lipinski definition) is 1. The molecule has 1 aliphatic heterocycles. The van der Waals surface area contributed by atoms with E-state index in [4.69, 9.17) is 14.6 Å². The number of carbonyl (C=O) groups is 1. The molecule has 1 atom stereocenters. The number of rotatable bonds is 4. The lowest BCUT2D eigenvalue weighted by Gasteiger charge is -2.42. The quantitative estimate of drug-likeness (QED) is 0.891. The van der Waals surface area contributed by atoms with Gasteiger partial charge in [0.05, 0.1) is 20.1 Å². The molecular formula is C14H18O4. The lowest BCUT2D eigenvalue weighted by molar-refractivity contribution is -0.176. The Balaban J connectivity index is 2.44. The van der Waals surface area contributed by atoms with E-state index < -0.39 is 11.6 Å². The number of ether oxygens (including phenoxy) is 2. The number of aliphatic carboxylic acids is 1. The van der Waals surface area contributed by atoms with Gasteiger partial charge in [0, 0.05) is 6.42 Å². The maximum atomic E-state index is 11.0. The van der Waals surface area contributed by atoms with Gasteiger partial charge in [-0.15, -0.1) is 0 Å². The lowest BCUT2D eigenvalue weighted by atomic mass is 9.80. The Morgan fingerprint density at radius 2 is 2.11 bits per heavy atom. The van der Waals surface area contributed by atoms with Gasteiger partial charge in [0.15, 0.2) is 0 Å². The van der Waals surface area contributed by atoms with Crippen molar-refractivity contribution in [3.05, 3.63) is 28.8 Å². The van der Waals surface area contributed by atoms with Crippen LogP contribution in [0.4, 0.5) is 0 Å². The Hall–Kier alpha value is -1.55. The molecule has 1 aliphatic rings. The summed E-state index contributed by atoms with van der Waals surface area (Å²) < 4.78 is 10.9. The van der Waals surface area contributed by atoms with Gasteiger partial charge in [0.1, 0.15) is 11.4 Å². The molecule has 1 fully saturated rings. The van der Waals surface area contributed by atoms with Gasteiger partial charge in [-0.1, -0.05) is 6.07 Å². The van der Waals surface area contributed by atoms with Crippen molar-refractivity contribution in [2.45, 2.75) is 32.3 Å². The Bertz CT molecular complexity index is 475. The maximum Gasteiger partial charge on any atom is 0.306 e. The van der Waals surface area contributed by atoms with Crippen LogP contribution in [0.25, 0.3) is 0 Å². The fourth-order valence-corrected chi connectivity index (χ4v) is 2.55. The number of benzene rings is 1. The Morgan fingerprint density at radius 1 is 1.44 bits per heavy atom. The molecule has 1 aromatic rings. The molecule has 1 N–H and O–H groups in total. The van der Waals surface area contributed by atoms with Crippen LogP contribution in [-0.4, -0.2) is 24.8 Å². The zero-order chi connectivity index (χ0) is 13.3. The molecule has 4 heteroatoms. The van der Waals surface area contributed by atoms with Crippen LogP contribution in [0.15, 0.2) is 12.1 Å². The summed E-state index contributed by atoms with van der Waals surface area (Å²) >= 11 is 0. The molecule has 0 spiro atoms. The summed E-state index contributed by atoms with van der Waals surface area (Å²) in [4.78, 5) is 11.0. The van der Waals surface area contributed by atoms with Crippen molar-refractivity contribution in [1.82, 2.24) is 0 Å². The van der Waals surface area contributed by atoms with Crippen LogP contribution >= 0.6 is 0 Å². The van der Waals surface area contributed by atoms with E-state index in [2.05, 4.69) is 0 Å². The molecule has 1 aromatic carbocycles. The highest BCUT2D eigenvalue weighted by molar-refractivity contribution is 5.69. The van der Waals surface area contributed by atoms with Gasteiger partial charge in [0.2, 0.25) is 0 Å². The van der Waals surface area contributed by atoms with Gasteiger partial charge in [-0.25, -0.2) is 0 Å². The number of methoxy groups -OCH3 is 1. The summed E-state index contributed by atoms with van der Waals surface area (Å²) in [6, 6.07) is 3.80. The first kappa shape index (κ1) is 12.9. The van der Waals surface area contributed by atoms with Crippen molar-refractivity contribution < 1.29 is 19.4 Å². The Morgan fingerprint density at radius 3 is 2.56 bits per heavy atom. The first-order chi connectivity index (χ1) is 8.50. The normalized spacial score (nSPS) is 22.4. The molecule has 0 bridgehead atoms. The van der Waals surface area contributed by atoms with Crippen molar-refractivity contribution >= 4 is 5.97 Å². The van der Waals surface area contributed by atoms with E-state index in [1.165, 1.54) is 0 Å². The van der Waals surface area contributed by atoms with Crippen LogP contribution < -0.4 is 4.74 Å². The fraction of sp³-hybridized carbons (Fsp3) is 0.500. The zero-order valence-electron chi connectivity index (χ0n) is 10.9. The third-order valence-electron chi connectivity index (χ3n) is 3.77. The second kappa shape index (κ2) is 4.61. The first-order valence-corrected chi connectivity index (χ1v) is 6.00. The molecule has 0 saturated carbocycles. The predicted molar refractivity (Wildman–Crippen MR) is 67.0 cm³/mol. The number of carboxylic acid groups (broad SMARTS) is 1. The second-order valence-corrected chi connectivity index (χ2v) is 4.73. The van der Waals surface area contributed by atoms with E-state index in [-0.39, 0.29) is 6.42 Å². The highest BCUT2D eigenvalue weighted by Gasteiger charge is 2.43. The summed E-state index contributed by atoms with van der Waals surface area (Å²) in [5.74, 6) is -0.0105. The van der Waals surface area contributed by atoms with E-state index in [1.54, 1.807) is 7.11 Å². The molecule has 0 radical (unpaired) electrons. The van der Waals surface area contributed by atoms with Gasteiger partial charge in [-0.3, -0.25) is 4.79 Å². The van der Waals surface area contributed by atoms with Crippen molar-refractivity contribution in [2.75, 3.05) is 13.7 Å². The third-order valence-corrected chi connectivity index (χ3v) is 3.77. The Kier molecular flexibility index (Phi) is 3.30. The molecule has 0 aromatic heterocycles. The minimum absolute atomic E-state index is 0.0135. The standard InChI is InChI=1S/C14H18O4/c1-9-10(2)12(17-3)5-4-11(9)14(6-7-18-14)8-13(15)16/h4-5H,6-8H2,1-3H3,(H,15,16). The van der Waals surface area contributed by atoms with Crippen LogP contribution in [0.2, 0.25) is 0 Å². The van der Waals surface area contributed by atoms with Crippen molar-refractivity contribution in [2.24, 2.45) is 0 Å². The molecule has 1 unspecified atom stereocenters. The molecule has 18 heavy (non-hydrogen) atoms. The van der Waals surface area contributed by atoms with E-state index in [9.17, 15) is 4.79 Å². The van der Waals surface area contributed by atoms with Gasteiger partial charge in [-0.2, -0.15) is 0 Å². The highest BCUT2D eigenvalue weighted by atomic mass is 16.5. The average Bonchev–Trinajstić information content (AvgIpc) is 2.27. The van der Waals surface area contributed by atoms with Crippen LogP contribution in [0.1, 0.15) is 29.5 Å². The van der Waals surface area contributed by atoms with Crippen molar-refractivity contribution in [1.29, 1.82) is 0 Å². The van der Waals surface area contributed by atoms with Gasteiger partial charge >= 0.3 is 5.97 Å². The summed E-state index contributed by atoms with van der Waals surface area (Å²) in [6.45, 7) is 4.58. The summed E-state index contributed by atoms with van der Waals surface area (Å²) in [5, 5.41) is 9.03. The number of hydrogen-bond acceptors (Lipinski definition) is 3. The van der Waals surface area contributed by atoms with E-state index in [1.807, 2.05) is 26.0 Å². The van der Waals surface area contributed by atoms with Crippen molar-refractivity contribution in [3.63, 3.8) is 0 Å². The second-order valence-electron chi connectivity index (χ2n) is 4.73. The van der Waals surface area contributed by atoms with E-state index >= 15 is 0 Å². The van der Waals surface area contributed by atoms with Crippen LogP contribution in [0.5, 0.6) is 5.75 Å². The fourth-order valence-electron chi connectivity index (χ4n) is 2.55. The third kappa shape index (κ3) is 1.97. The van der Waals surface area contributed by atoms with E-state index in [0.29, 0.717) is 6.61 Å². The van der Waals surface area contributed by atoms with Gasteiger partial charge < -0.3 is 14.6 Å². The molecule has 1 heterocycles. The summed E-state index contributed by atoms with van der Waals surface area (Å²) in [5.41, 5.74) is 2.41. The molecule has 4 nitrogen and oxygen atoms in total. The van der Waals surface area contributed by atoms with E-state index in [0.717, 1.165) is 28.9 Å². The predicted octanol–water partition coefficient (Wildman–Crippen LogP) is 2.40. The minimum atomic E-state index is -0.831. The van der Waals surface area contributed by atoms with Crippen LogP contribution in [0.3, 0.4) is 0 Å². The van der Waals surface area contributed by atoms with Gasteiger partial charge in [0.25, 0.3) is 0 Å². The van der Waals surface area contributed by atoms with Gasteiger partial charge in [-0.05, 0) is 36.6 Å². The smallest absolute Gasteiger partial charge is 0.306 e. The maximum absolute atomic E-state index is 11.0. The molecule has 1 saturated heterocycles. The average molecular weight is 250 g/mol. The molecule has 2 rings (SSSR count). The monoisotopic (exact) mass is 250 g/mol. The molecule has 0 amide bonds. The molecular weight excluding hydrogens is 232 g/mol. The zero-order valence-corrected chi connectivity index (χ0v) is 10.9. The van der Waals surface area contributed by atoms with Crippen LogP contribution in [0, 0.1) is 13.8 Å². The first-order valence-electron chi connectivity index (χ1n) is 6.00. The molecule has 98 valence electrons. The lowest BCUT2D eigenvalue weighted by Crippen LogP contribution is -2.43. The largest absolute Gasteiger partial charge is 0.496 e. The Labute approximate surface area is 107 Å². The number of carboxylic acids is 1. The summed E-state index contributed by atoms with van der Waals surface area (Å²) in [6.07, 6.45) is 0.769. The van der Waals surface area contributed by atoms with Crippen molar-refractivity contribution in [3.8, 4) is 5.75 Å². The minimum Gasteiger partial charge on any atom is -0.496 e. The highest BCUT2D eigenvalue weighted by Crippen LogP contribution is 2.43. The van der Waals surface area contributed by atoms with Crippen LogP contribution in [-0.2, 0) is 15.1 Å².